The number of methoxy groups -OCH3 is 1. The first kappa shape index (κ1) is 16.5. The van der Waals surface area contributed by atoms with E-state index in [-0.39, 0.29) is 24.3 Å². The number of anilines is 1. The summed E-state index contributed by atoms with van der Waals surface area (Å²) in [4.78, 5) is 26.3. The van der Waals surface area contributed by atoms with Crippen LogP contribution < -0.4 is 15.0 Å². The summed E-state index contributed by atoms with van der Waals surface area (Å²) in [7, 11) is 1.59. The summed E-state index contributed by atoms with van der Waals surface area (Å²) in [6.07, 6.45) is 0.285. The number of hydrogen-bond acceptors (Lipinski definition) is 3. The molecule has 1 atom stereocenters. The fourth-order valence-electron chi connectivity index (χ4n) is 2.74. The Balaban J connectivity index is 1.71. The van der Waals surface area contributed by atoms with Gasteiger partial charge in [-0.15, -0.1) is 0 Å². The van der Waals surface area contributed by atoms with E-state index in [0.717, 1.165) is 10.2 Å². The van der Waals surface area contributed by atoms with Crippen LogP contribution in [0.25, 0.3) is 0 Å². The maximum Gasteiger partial charge on any atom is 0.252 e. The zero-order chi connectivity index (χ0) is 17.1. The molecule has 5 nitrogen and oxygen atoms in total. The van der Waals surface area contributed by atoms with Gasteiger partial charge in [0.2, 0.25) is 5.91 Å². The first-order valence-corrected chi connectivity index (χ1v) is 8.37. The molecular weight excluding hydrogens is 372 g/mol. The Labute approximate surface area is 148 Å². The van der Waals surface area contributed by atoms with E-state index in [2.05, 4.69) is 21.2 Å². The number of ether oxygens (including phenoxy) is 1. The van der Waals surface area contributed by atoms with Crippen molar-refractivity contribution in [2.45, 2.75) is 12.5 Å². The van der Waals surface area contributed by atoms with Crippen molar-refractivity contribution in [3.8, 4) is 5.75 Å². The van der Waals surface area contributed by atoms with Gasteiger partial charge in [-0.3, -0.25) is 9.59 Å². The third kappa shape index (κ3) is 3.43. The van der Waals surface area contributed by atoms with Gasteiger partial charge in [-0.05, 0) is 40.2 Å². The van der Waals surface area contributed by atoms with Gasteiger partial charge in [0.1, 0.15) is 5.75 Å². The average molecular weight is 389 g/mol. The minimum atomic E-state index is -0.219. The van der Waals surface area contributed by atoms with Crippen molar-refractivity contribution in [2.24, 2.45) is 0 Å². The molecule has 0 radical (unpaired) electrons. The van der Waals surface area contributed by atoms with E-state index >= 15 is 0 Å². The van der Waals surface area contributed by atoms with E-state index in [0.29, 0.717) is 17.9 Å². The molecule has 1 aliphatic heterocycles. The molecular formula is C18H17BrN2O3. The highest BCUT2D eigenvalue weighted by molar-refractivity contribution is 9.10. The topological polar surface area (TPSA) is 58.6 Å². The Morgan fingerprint density at radius 1 is 1.25 bits per heavy atom. The van der Waals surface area contributed by atoms with Gasteiger partial charge in [-0.2, -0.15) is 0 Å². The van der Waals surface area contributed by atoms with Crippen molar-refractivity contribution < 1.29 is 14.3 Å². The number of carbonyl (C=O) groups is 2. The lowest BCUT2D eigenvalue weighted by atomic mass is 10.2. The fourth-order valence-corrected chi connectivity index (χ4v) is 3.21. The van der Waals surface area contributed by atoms with Crippen molar-refractivity contribution in [2.75, 3.05) is 18.6 Å². The summed E-state index contributed by atoms with van der Waals surface area (Å²) in [6.45, 7) is 0.447. The first-order chi connectivity index (χ1) is 11.6. The molecule has 2 aromatic rings. The number of benzene rings is 2. The van der Waals surface area contributed by atoms with Gasteiger partial charge >= 0.3 is 0 Å². The van der Waals surface area contributed by atoms with Gasteiger partial charge in [0.15, 0.2) is 0 Å². The Kier molecular flexibility index (Phi) is 4.85. The number of nitrogens with zero attached hydrogens (tertiary/aromatic N) is 1. The van der Waals surface area contributed by atoms with Gasteiger partial charge in [0, 0.05) is 29.2 Å². The van der Waals surface area contributed by atoms with E-state index in [1.165, 1.54) is 0 Å². The predicted molar refractivity (Wildman–Crippen MR) is 95.4 cm³/mol. The standard InChI is InChI=1S/C18H17BrN2O3/c1-24-14-6-4-5-13(10-14)21-11-12(9-17(21)22)20-18(23)15-7-2-3-8-16(15)19/h2-8,10,12H,9,11H2,1H3,(H,20,23)/t12-/m1/s1. The lowest BCUT2D eigenvalue weighted by molar-refractivity contribution is -0.117. The summed E-state index contributed by atoms with van der Waals surface area (Å²) < 4.78 is 5.93. The second-order valence-electron chi connectivity index (χ2n) is 5.56. The Morgan fingerprint density at radius 2 is 2.04 bits per heavy atom. The molecule has 2 aromatic carbocycles. The maximum absolute atomic E-state index is 12.4. The molecule has 124 valence electrons. The van der Waals surface area contributed by atoms with E-state index in [4.69, 9.17) is 4.74 Å². The molecule has 3 rings (SSSR count). The SMILES string of the molecule is COc1cccc(N2C[C@H](NC(=O)c3ccccc3Br)CC2=O)c1. The van der Waals surface area contributed by atoms with Crippen LogP contribution in [0.2, 0.25) is 0 Å². The monoisotopic (exact) mass is 388 g/mol. The van der Waals surface area contributed by atoms with Gasteiger partial charge < -0.3 is 15.0 Å². The summed E-state index contributed by atoms with van der Waals surface area (Å²) in [6, 6.07) is 14.3. The second-order valence-corrected chi connectivity index (χ2v) is 6.41. The van der Waals surface area contributed by atoms with Crippen molar-refractivity contribution in [1.29, 1.82) is 0 Å². The van der Waals surface area contributed by atoms with Crippen LogP contribution in [0.5, 0.6) is 5.75 Å². The molecule has 1 heterocycles. The van der Waals surface area contributed by atoms with Crippen LogP contribution in [0.15, 0.2) is 53.0 Å². The fraction of sp³-hybridized carbons (Fsp3) is 0.222. The Morgan fingerprint density at radius 3 is 2.79 bits per heavy atom. The number of amides is 2. The van der Waals surface area contributed by atoms with Crippen LogP contribution in [0.3, 0.4) is 0 Å². The lowest BCUT2D eigenvalue weighted by Gasteiger charge is -2.18. The van der Waals surface area contributed by atoms with Crippen molar-refractivity contribution in [1.82, 2.24) is 5.32 Å². The summed E-state index contributed by atoms with van der Waals surface area (Å²) in [5.41, 5.74) is 1.33. The molecule has 1 fully saturated rings. The van der Waals surface area contributed by atoms with Gasteiger partial charge in [0.25, 0.3) is 5.91 Å². The Bertz CT molecular complexity index is 778. The van der Waals surface area contributed by atoms with Gasteiger partial charge in [0.05, 0.1) is 18.7 Å². The molecule has 0 aliphatic carbocycles. The highest BCUT2D eigenvalue weighted by Crippen LogP contribution is 2.25. The minimum Gasteiger partial charge on any atom is -0.497 e. The Hall–Kier alpha value is -2.34. The van der Waals surface area contributed by atoms with Crippen molar-refractivity contribution in [3.63, 3.8) is 0 Å². The summed E-state index contributed by atoms with van der Waals surface area (Å²) in [5, 5.41) is 2.93. The lowest BCUT2D eigenvalue weighted by Crippen LogP contribution is -2.37. The quantitative estimate of drug-likeness (QED) is 0.875. The zero-order valence-electron chi connectivity index (χ0n) is 13.2. The third-order valence-electron chi connectivity index (χ3n) is 3.94. The predicted octanol–water partition coefficient (Wildman–Crippen LogP) is 2.99. The van der Waals surface area contributed by atoms with Crippen molar-refractivity contribution in [3.05, 3.63) is 58.6 Å². The molecule has 0 spiro atoms. The van der Waals surface area contributed by atoms with Crippen LogP contribution in [-0.4, -0.2) is 31.5 Å². The molecule has 2 amide bonds. The smallest absolute Gasteiger partial charge is 0.252 e. The molecule has 0 unspecified atom stereocenters. The zero-order valence-corrected chi connectivity index (χ0v) is 14.7. The van der Waals surface area contributed by atoms with E-state index in [9.17, 15) is 9.59 Å². The van der Waals surface area contributed by atoms with Gasteiger partial charge in [-0.25, -0.2) is 0 Å². The molecule has 1 N–H and O–H groups in total. The number of rotatable bonds is 4. The highest BCUT2D eigenvalue weighted by atomic mass is 79.9. The number of carbonyl (C=O) groups excluding carboxylic acids is 2. The normalized spacial score (nSPS) is 17.0. The summed E-state index contributed by atoms with van der Waals surface area (Å²) >= 11 is 3.37. The largest absolute Gasteiger partial charge is 0.497 e. The molecule has 0 aromatic heterocycles. The van der Waals surface area contributed by atoms with Crippen LogP contribution in [0.4, 0.5) is 5.69 Å². The van der Waals surface area contributed by atoms with Crippen LogP contribution in [-0.2, 0) is 4.79 Å². The highest BCUT2D eigenvalue weighted by Gasteiger charge is 2.32. The molecule has 6 heteroatoms. The average Bonchev–Trinajstić information content (AvgIpc) is 2.95. The number of halogens is 1. The minimum absolute atomic E-state index is 0.0133. The van der Waals surface area contributed by atoms with Gasteiger partial charge in [-0.1, -0.05) is 18.2 Å². The molecule has 0 bridgehead atoms. The van der Waals surface area contributed by atoms with E-state index < -0.39 is 0 Å². The summed E-state index contributed by atoms with van der Waals surface area (Å²) in [5.74, 6) is 0.495. The van der Waals surface area contributed by atoms with Crippen molar-refractivity contribution >= 4 is 33.4 Å². The molecule has 24 heavy (non-hydrogen) atoms. The molecule has 1 aliphatic rings. The number of nitrogens with one attached hydrogen (secondary N) is 1. The van der Waals surface area contributed by atoms with Crippen LogP contribution in [0, 0.1) is 0 Å². The van der Waals surface area contributed by atoms with E-state index in [1.54, 1.807) is 18.1 Å². The molecule has 0 saturated carbocycles. The van der Waals surface area contributed by atoms with E-state index in [1.807, 2.05) is 42.5 Å². The van der Waals surface area contributed by atoms with Crippen LogP contribution in [0.1, 0.15) is 16.8 Å². The first-order valence-electron chi connectivity index (χ1n) is 7.58. The third-order valence-corrected chi connectivity index (χ3v) is 4.64. The second kappa shape index (κ2) is 7.05. The number of hydrogen-bond donors (Lipinski definition) is 1. The van der Waals surface area contributed by atoms with Crippen LogP contribution >= 0.6 is 15.9 Å². The molecule has 1 saturated heterocycles. The maximum atomic E-state index is 12.4.